The summed E-state index contributed by atoms with van der Waals surface area (Å²) in [6.45, 7) is 1.41. The van der Waals surface area contributed by atoms with Gasteiger partial charge in [-0.2, -0.15) is 4.31 Å². The van der Waals surface area contributed by atoms with E-state index in [4.69, 9.17) is 0 Å². The predicted octanol–water partition coefficient (Wildman–Crippen LogP) is 2.59. The number of sulfonamides is 1. The van der Waals surface area contributed by atoms with Gasteiger partial charge >= 0.3 is 0 Å². The third-order valence-electron chi connectivity index (χ3n) is 4.84. The predicted molar refractivity (Wildman–Crippen MR) is 112 cm³/mol. The fourth-order valence-corrected chi connectivity index (χ4v) is 6.12. The van der Waals surface area contributed by atoms with E-state index in [1.165, 1.54) is 10.6 Å². The Bertz CT molecular complexity index is 1050. The van der Waals surface area contributed by atoms with Crippen LogP contribution in [0.1, 0.15) is 16.5 Å². The molecule has 0 saturated carbocycles. The molecule has 1 aliphatic rings. The van der Waals surface area contributed by atoms with Crippen LogP contribution in [0.15, 0.2) is 57.9 Å². The van der Waals surface area contributed by atoms with Crippen molar-refractivity contribution >= 4 is 37.3 Å². The molecule has 0 bridgehead atoms. The average molecular weight is 482 g/mol. The minimum absolute atomic E-state index is 0.0106. The summed E-state index contributed by atoms with van der Waals surface area (Å²) in [5.41, 5.74) is 1.12. The van der Waals surface area contributed by atoms with E-state index in [9.17, 15) is 8.42 Å². The fourth-order valence-electron chi connectivity index (χ4n) is 3.45. The molecule has 0 amide bonds. The zero-order valence-corrected chi connectivity index (χ0v) is 18.4. The molecule has 0 unspecified atom stereocenters. The molecule has 3 heterocycles. The van der Waals surface area contributed by atoms with E-state index >= 15 is 0 Å². The Labute approximate surface area is 176 Å². The van der Waals surface area contributed by atoms with Gasteiger partial charge in [0.2, 0.25) is 0 Å². The highest BCUT2D eigenvalue weighted by molar-refractivity contribution is 9.10. The lowest BCUT2D eigenvalue weighted by Crippen LogP contribution is -2.36. The number of hydrogen-bond donors (Lipinski definition) is 1. The van der Waals surface area contributed by atoms with Crippen LogP contribution in [-0.4, -0.2) is 46.4 Å². The Morgan fingerprint density at radius 2 is 2.07 bits per heavy atom. The van der Waals surface area contributed by atoms with E-state index in [1.54, 1.807) is 29.1 Å². The molecular weight excluding hydrogens is 462 g/mol. The number of aryl methyl sites for hydroxylation is 1. The highest BCUT2D eigenvalue weighted by atomic mass is 79.9. The van der Waals surface area contributed by atoms with Gasteiger partial charge in [0.25, 0.3) is 10.0 Å². The minimum atomic E-state index is -3.63. The molecule has 3 aromatic rings. The normalized spacial score (nSPS) is 20.6. The minimum Gasteiger partial charge on any atom is -0.339 e. The van der Waals surface area contributed by atoms with Gasteiger partial charge in [0.15, 0.2) is 5.03 Å². The molecule has 1 saturated heterocycles. The number of imidazole rings is 1. The van der Waals surface area contributed by atoms with Crippen LogP contribution in [0.5, 0.6) is 0 Å². The first-order chi connectivity index (χ1) is 13.4. The summed E-state index contributed by atoms with van der Waals surface area (Å²) >= 11 is 4.94. The number of nitrogens with one attached hydrogen (secondary N) is 1. The lowest BCUT2D eigenvalue weighted by Gasteiger charge is -2.19. The first-order valence-corrected chi connectivity index (χ1v) is 11.9. The second-order valence-electron chi connectivity index (χ2n) is 6.77. The Balaban J connectivity index is 1.57. The Kier molecular flexibility index (Phi) is 5.66. The van der Waals surface area contributed by atoms with Gasteiger partial charge in [0, 0.05) is 50.2 Å². The second-order valence-corrected chi connectivity index (χ2v) is 10.4. The van der Waals surface area contributed by atoms with Crippen molar-refractivity contribution in [3.63, 3.8) is 0 Å². The average Bonchev–Trinajstić information content (AvgIpc) is 3.40. The van der Waals surface area contributed by atoms with Gasteiger partial charge in [-0.15, -0.1) is 11.3 Å². The lowest BCUT2D eigenvalue weighted by molar-refractivity contribution is 0.454. The van der Waals surface area contributed by atoms with Crippen molar-refractivity contribution in [3.05, 3.63) is 63.4 Å². The largest absolute Gasteiger partial charge is 0.339 e. The molecule has 1 N–H and O–H groups in total. The van der Waals surface area contributed by atoms with Crippen molar-refractivity contribution in [2.45, 2.75) is 23.5 Å². The van der Waals surface area contributed by atoms with Crippen LogP contribution < -0.4 is 5.32 Å². The van der Waals surface area contributed by atoms with Crippen LogP contribution in [0, 0.1) is 0 Å². The zero-order valence-electron chi connectivity index (χ0n) is 15.2. The Hall–Kier alpha value is -1.59. The van der Waals surface area contributed by atoms with Gasteiger partial charge in [-0.1, -0.05) is 30.3 Å². The molecular formula is C18H20BrN5O2S2. The fraction of sp³-hybridized carbons (Fsp3) is 0.333. The summed E-state index contributed by atoms with van der Waals surface area (Å²) in [5, 5.41) is 6.51. The van der Waals surface area contributed by atoms with Crippen molar-refractivity contribution in [2.24, 2.45) is 7.05 Å². The van der Waals surface area contributed by atoms with E-state index in [1.807, 2.05) is 23.6 Å². The third kappa shape index (κ3) is 4.06. The zero-order chi connectivity index (χ0) is 19.7. The molecule has 148 valence electrons. The molecule has 1 aliphatic heterocycles. The Morgan fingerprint density at radius 3 is 2.71 bits per heavy atom. The first-order valence-electron chi connectivity index (χ1n) is 8.80. The van der Waals surface area contributed by atoms with Crippen LogP contribution >= 0.6 is 27.3 Å². The topological polar surface area (TPSA) is 80.1 Å². The number of nitrogens with zero attached hydrogens (tertiary/aromatic N) is 4. The third-order valence-corrected chi connectivity index (χ3v) is 8.11. The number of aromatic nitrogens is 3. The molecule has 28 heavy (non-hydrogen) atoms. The summed E-state index contributed by atoms with van der Waals surface area (Å²) in [6.07, 6.45) is 3.05. The van der Waals surface area contributed by atoms with Crippen molar-refractivity contribution in [3.8, 4) is 0 Å². The summed E-state index contributed by atoms with van der Waals surface area (Å²) in [5.74, 6) is 0.0584. The van der Waals surface area contributed by atoms with Gasteiger partial charge in [-0.25, -0.2) is 18.4 Å². The van der Waals surface area contributed by atoms with Gasteiger partial charge in [0.1, 0.15) is 9.61 Å². The molecule has 7 nitrogen and oxygen atoms in total. The van der Waals surface area contributed by atoms with Crippen LogP contribution in [0.25, 0.3) is 0 Å². The number of thiazole rings is 1. The smallest absolute Gasteiger partial charge is 0.262 e. The maximum Gasteiger partial charge on any atom is 0.262 e. The van der Waals surface area contributed by atoms with E-state index < -0.39 is 10.0 Å². The maximum absolute atomic E-state index is 13.1. The van der Waals surface area contributed by atoms with Crippen molar-refractivity contribution in [1.29, 1.82) is 0 Å². The molecule has 1 aromatic carbocycles. The molecule has 10 heteroatoms. The molecule has 0 aliphatic carbocycles. The van der Waals surface area contributed by atoms with E-state index in [0.717, 1.165) is 15.2 Å². The number of rotatable bonds is 6. The summed E-state index contributed by atoms with van der Waals surface area (Å²) in [4.78, 5) is 8.47. The summed E-state index contributed by atoms with van der Waals surface area (Å²) < 4.78 is 30.1. The number of halogens is 1. The summed E-state index contributed by atoms with van der Waals surface area (Å²) in [7, 11) is -1.87. The van der Waals surface area contributed by atoms with Gasteiger partial charge < -0.3 is 9.88 Å². The highest BCUT2D eigenvalue weighted by Gasteiger charge is 2.40. The van der Waals surface area contributed by atoms with Gasteiger partial charge in [0.05, 0.1) is 6.33 Å². The lowest BCUT2D eigenvalue weighted by atomic mass is 9.94. The van der Waals surface area contributed by atoms with E-state index in [2.05, 4.69) is 43.3 Å². The van der Waals surface area contributed by atoms with Gasteiger partial charge in [-0.05, 0) is 21.5 Å². The molecule has 1 fully saturated rings. The first kappa shape index (κ1) is 19.7. The van der Waals surface area contributed by atoms with E-state index in [-0.39, 0.29) is 17.0 Å². The molecule has 2 aromatic heterocycles. The van der Waals surface area contributed by atoms with Crippen LogP contribution in [0.3, 0.4) is 0 Å². The van der Waals surface area contributed by atoms with Crippen LogP contribution in [-0.2, 0) is 23.6 Å². The summed E-state index contributed by atoms with van der Waals surface area (Å²) in [6, 6.07) is 10.0. The molecule has 4 rings (SSSR count). The quantitative estimate of drug-likeness (QED) is 0.585. The number of hydrogen-bond acceptors (Lipinski definition) is 6. The van der Waals surface area contributed by atoms with Gasteiger partial charge in [-0.3, -0.25) is 0 Å². The van der Waals surface area contributed by atoms with Crippen molar-refractivity contribution < 1.29 is 8.42 Å². The number of benzene rings is 1. The molecule has 0 spiro atoms. The Morgan fingerprint density at radius 1 is 1.29 bits per heavy atom. The maximum atomic E-state index is 13.1. The standard InChI is InChI=1S/C18H20BrN5O2S2/c1-23-10-18(21-12-23)28(25,26)24-8-14(13-5-3-2-4-6-13)15(9-24)20-7-17-22-16(19)11-27-17/h2-6,10-12,14-15,20H,7-9H2,1H3/t14-,15+/m1/s1. The van der Waals surface area contributed by atoms with Crippen molar-refractivity contribution in [1.82, 2.24) is 24.2 Å². The van der Waals surface area contributed by atoms with E-state index in [0.29, 0.717) is 19.6 Å². The highest BCUT2D eigenvalue weighted by Crippen LogP contribution is 2.31. The van der Waals surface area contributed by atoms with Crippen molar-refractivity contribution in [2.75, 3.05) is 13.1 Å². The van der Waals surface area contributed by atoms with Crippen LogP contribution in [0.4, 0.5) is 0 Å². The monoisotopic (exact) mass is 481 g/mol. The molecule has 2 atom stereocenters. The molecule has 0 radical (unpaired) electrons. The second kappa shape index (κ2) is 8.03. The van der Waals surface area contributed by atoms with Crippen LogP contribution in [0.2, 0.25) is 0 Å². The SMILES string of the molecule is Cn1cnc(S(=O)(=O)N2C[C@H](NCc3nc(Br)cs3)[C@@H](c3ccccc3)C2)c1.